The van der Waals surface area contributed by atoms with Crippen LogP contribution in [0.5, 0.6) is 0 Å². The van der Waals surface area contributed by atoms with E-state index in [1.54, 1.807) is 0 Å². The molecule has 0 aromatic heterocycles. The van der Waals surface area contributed by atoms with Gasteiger partial charge in [0.1, 0.15) is 0 Å². The first-order valence-corrected chi connectivity index (χ1v) is 9.97. The van der Waals surface area contributed by atoms with Crippen LogP contribution in [0.3, 0.4) is 0 Å². The Morgan fingerprint density at radius 3 is 1.46 bits per heavy atom. The summed E-state index contributed by atoms with van der Waals surface area (Å²) in [5.74, 6) is 0. The number of nitrogens with zero attached hydrogens (tertiary/aromatic N) is 1. The van der Waals surface area contributed by atoms with Crippen LogP contribution < -0.4 is 0 Å². The molecule has 1 nitrogen and oxygen atoms in total. The maximum atomic E-state index is 2.29. The van der Waals surface area contributed by atoms with Gasteiger partial charge in [0.2, 0.25) is 0 Å². The SMILES string of the molecule is CN(C)CCCCCCCCCCCCCCc1ccccc1.Cl. The molecule has 0 radical (unpaired) electrons. The highest BCUT2D eigenvalue weighted by Crippen LogP contribution is 2.13. The highest BCUT2D eigenvalue weighted by Gasteiger charge is 1.95. The number of aryl methyl sites for hydroxylation is 1. The number of unbranched alkanes of at least 4 members (excludes halogenated alkanes) is 11. The second-order valence-electron chi connectivity index (χ2n) is 7.28. The molecule has 1 rings (SSSR count). The lowest BCUT2D eigenvalue weighted by molar-refractivity contribution is 0.389. The third-order valence-electron chi connectivity index (χ3n) is 4.66. The van der Waals surface area contributed by atoms with E-state index in [1.165, 1.54) is 95.6 Å². The standard InChI is InChI=1S/C22H39N.ClH/c1-23(2)21-17-12-10-8-6-4-3-5-7-9-11-14-18-22-19-15-13-16-20-22;/h13,15-16,19-20H,3-12,14,17-18,21H2,1-2H3;1H. The monoisotopic (exact) mass is 353 g/mol. The van der Waals surface area contributed by atoms with Crippen molar-refractivity contribution in [3.05, 3.63) is 35.9 Å². The van der Waals surface area contributed by atoms with Crippen molar-refractivity contribution in [1.82, 2.24) is 4.90 Å². The van der Waals surface area contributed by atoms with Crippen LogP contribution in [-0.4, -0.2) is 25.5 Å². The molecule has 0 saturated heterocycles. The summed E-state index contributed by atoms with van der Waals surface area (Å²) >= 11 is 0. The minimum Gasteiger partial charge on any atom is -0.309 e. The van der Waals surface area contributed by atoms with Gasteiger partial charge in [-0.25, -0.2) is 0 Å². The van der Waals surface area contributed by atoms with E-state index in [2.05, 4.69) is 49.3 Å². The number of hydrogen-bond donors (Lipinski definition) is 0. The van der Waals surface area contributed by atoms with Crippen LogP contribution in [0.15, 0.2) is 30.3 Å². The van der Waals surface area contributed by atoms with Gasteiger partial charge in [0.15, 0.2) is 0 Å². The van der Waals surface area contributed by atoms with Crippen molar-refractivity contribution in [3.63, 3.8) is 0 Å². The normalized spacial score (nSPS) is 10.8. The largest absolute Gasteiger partial charge is 0.309 e. The molecule has 0 aliphatic carbocycles. The van der Waals surface area contributed by atoms with Gasteiger partial charge in [0.05, 0.1) is 0 Å². The Labute approximate surface area is 157 Å². The smallest absolute Gasteiger partial charge is 0.00248 e. The number of benzene rings is 1. The van der Waals surface area contributed by atoms with Crippen molar-refractivity contribution >= 4 is 12.4 Å². The molecule has 0 unspecified atom stereocenters. The summed E-state index contributed by atoms with van der Waals surface area (Å²) in [6.45, 7) is 1.25. The van der Waals surface area contributed by atoms with Crippen LogP contribution in [0.1, 0.15) is 82.6 Å². The molecule has 0 heterocycles. The summed E-state index contributed by atoms with van der Waals surface area (Å²) in [5, 5.41) is 0. The second kappa shape index (κ2) is 17.3. The van der Waals surface area contributed by atoms with Gasteiger partial charge in [-0.15, -0.1) is 12.4 Å². The Bertz CT molecular complexity index is 350. The van der Waals surface area contributed by atoms with E-state index >= 15 is 0 Å². The molecule has 2 heteroatoms. The summed E-state index contributed by atoms with van der Waals surface area (Å²) in [5.41, 5.74) is 1.50. The molecule has 0 amide bonds. The molecule has 24 heavy (non-hydrogen) atoms. The molecular weight excluding hydrogens is 314 g/mol. The number of halogens is 1. The highest BCUT2D eigenvalue weighted by atomic mass is 35.5. The van der Waals surface area contributed by atoms with E-state index in [4.69, 9.17) is 0 Å². The predicted molar refractivity (Wildman–Crippen MR) is 111 cm³/mol. The summed E-state index contributed by atoms with van der Waals surface area (Å²) in [4.78, 5) is 2.29. The van der Waals surface area contributed by atoms with Crippen LogP contribution in [0.25, 0.3) is 0 Å². The highest BCUT2D eigenvalue weighted by molar-refractivity contribution is 5.85. The molecule has 0 aliphatic heterocycles. The lowest BCUT2D eigenvalue weighted by Gasteiger charge is -2.08. The maximum Gasteiger partial charge on any atom is -0.00248 e. The molecule has 0 atom stereocenters. The van der Waals surface area contributed by atoms with Crippen LogP contribution in [0.4, 0.5) is 0 Å². The van der Waals surface area contributed by atoms with Gasteiger partial charge in [0, 0.05) is 0 Å². The van der Waals surface area contributed by atoms with Crippen molar-refractivity contribution in [1.29, 1.82) is 0 Å². The molecule has 1 aromatic carbocycles. The van der Waals surface area contributed by atoms with Gasteiger partial charge in [-0.2, -0.15) is 0 Å². The first-order valence-electron chi connectivity index (χ1n) is 9.97. The Hall–Kier alpha value is -0.530. The molecule has 0 saturated carbocycles. The first kappa shape index (κ1) is 23.5. The van der Waals surface area contributed by atoms with E-state index < -0.39 is 0 Å². The Morgan fingerprint density at radius 2 is 1.00 bits per heavy atom. The van der Waals surface area contributed by atoms with Crippen molar-refractivity contribution in [2.45, 2.75) is 83.5 Å². The lowest BCUT2D eigenvalue weighted by Crippen LogP contribution is -2.12. The molecule has 0 aliphatic rings. The molecule has 0 N–H and O–H groups in total. The topological polar surface area (TPSA) is 3.24 Å². The van der Waals surface area contributed by atoms with Crippen molar-refractivity contribution < 1.29 is 0 Å². The molecule has 0 bridgehead atoms. The van der Waals surface area contributed by atoms with Gasteiger partial charge < -0.3 is 4.90 Å². The van der Waals surface area contributed by atoms with Crippen LogP contribution >= 0.6 is 12.4 Å². The van der Waals surface area contributed by atoms with Gasteiger partial charge in [-0.05, 0) is 45.5 Å². The average Bonchev–Trinajstić information content (AvgIpc) is 2.56. The first-order chi connectivity index (χ1) is 11.3. The van der Waals surface area contributed by atoms with E-state index in [1.807, 2.05) is 0 Å². The fraction of sp³-hybridized carbons (Fsp3) is 0.727. The van der Waals surface area contributed by atoms with Gasteiger partial charge >= 0.3 is 0 Å². The minimum atomic E-state index is 0. The van der Waals surface area contributed by atoms with Crippen molar-refractivity contribution in [3.8, 4) is 0 Å². The van der Waals surface area contributed by atoms with Crippen molar-refractivity contribution in [2.24, 2.45) is 0 Å². The van der Waals surface area contributed by atoms with Crippen LogP contribution in [0.2, 0.25) is 0 Å². The molecular formula is C22H40ClN. The van der Waals surface area contributed by atoms with Crippen LogP contribution in [0, 0.1) is 0 Å². The minimum absolute atomic E-state index is 0. The summed E-state index contributed by atoms with van der Waals surface area (Å²) in [7, 11) is 4.34. The average molecular weight is 354 g/mol. The maximum absolute atomic E-state index is 2.29. The van der Waals surface area contributed by atoms with E-state index in [0.29, 0.717) is 0 Å². The predicted octanol–water partition coefficient (Wildman–Crippen LogP) is 6.89. The number of hydrogen-bond acceptors (Lipinski definition) is 1. The fourth-order valence-electron chi connectivity index (χ4n) is 3.17. The zero-order chi connectivity index (χ0) is 16.6. The Kier molecular flexibility index (Phi) is 16.9. The second-order valence-corrected chi connectivity index (χ2v) is 7.28. The summed E-state index contributed by atoms with van der Waals surface area (Å²) < 4.78 is 0. The zero-order valence-corrected chi connectivity index (χ0v) is 17.0. The van der Waals surface area contributed by atoms with E-state index in [-0.39, 0.29) is 12.4 Å². The van der Waals surface area contributed by atoms with Gasteiger partial charge in [0.25, 0.3) is 0 Å². The number of rotatable bonds is 15. The molecule has 0 fully saturated rings. The van der Waals surface area contributed by atoms with Crippen LogP contribution in [-0.2, 0) is 6.42 Å². The summed E-state index contributed by atoms with van der Waals surface area (Å²) in [6, 6.07) is 10.9. The zero-order valence-electron chi connectivity index (χ0n) is 16.1. The van der Waals surface area contributed by atoms with E-state index in [9.17, 15) is 0 Å². The Morgan fingerprint density at radius 1 is 0.583 bits per heavy atom. The summed E-state index contributed by atoms with van der Waals surface area (Å²) in [6.07, 6.45) is 18.4. The fourth-order valence-corrected chi connectivity index (χ4v) is 3.17. The van der Waals surface area contributed by atoms with E-state index in [0.717, 1.165) is 0 Å². The Balaban J connectivity index is 0.00000529. The van der Waals surface area contributed by atoms with Crippen molar-refractivity contribution in [2.75, 3.05) is 20.6 Å². The quantitative estimate of drug-likeness (QED) is 0.310. The lowest BCUT2D eigenvalue weighted by atomic mass is 10.0. The van der Waals surface area contributed by atoms with Gasteiger partial charge in [-0.1, -0.05) is 94.5 Å². The molecule has 140 valence electrons. The van der Waals surface area contributed by atoms with Gasteiger partial charge in [-0.3, -0.25) is 0 Å². The molecule has 0 spiro atoms. The third-order valence-corrected chi connectivity index (χ3v) is 4.66. The third kappa shape index (κ3) is 15.0. The molecule has 1 aromatic rings.